The van der Waals surface area contributed by atoms with E-state index in [1.54, 1.807) is 0 Å². The first-order valence-corrected chi connectivity index (χ1v) is 7.40. The summed E-state index contributed by atoms with van der Waals surface area (Å²) in [4.78, 5) is 1.35. The molecule has 0 saturated heterocycles. The molecule has 1 unspecified atom stereocenters. The van der Waals surface area contributed by atoms with E-state index < -0.39 is 0 Å². The lowest BCUT2D eigenvalue weighted by molar-refractivity contribution is 0.579. The Morgan fingerprint density at radius 1 is 0.833 bits per heavy atom. The molecule has 1 heteroatoms. The van der Waals surface area contributed by atoms with Gasteiger partial charge in [-0.25, -0.2) is 0 Å². The van der Waals surface area contributed by atoms with E-state index in [1.165, 1.54) is 16.9 Å². The molecule has 0 aromatic heterocycles. The molecule has 0 radical (unpaired) electrons. The minimum absolute atomic E-state index is 0.550. The second kappa shape index (κ2) is 6.65. The lowest BCUT2D eigenvalue weighted by Crippen LogP contribution is -1.99. The maximum atomic E-state index is 2.29. The van der Waals surface area contributed by atoms with Crippen LogP contribution in [0.4, 0.5) is 0 Å². The molecule has 0 aliphatic heterocycles. The highest BCUT2D eigenvalue weighted by Gasteiger charge is 2.14. The Balaban J connectivity index is 2.16. The Morgan fingerprint density at radius 3 is 1.94 bits per heavy atom. The van der Waals surface area contributed by atoms with Gasteiger partial charge in [-0.2, -0.15) is 0 Å². The van der Waals surface area contributed by atoms with Gasteiger partial charge in [-0.15, -0.1) is 11.8 Å². The van der Waals surface area contributed by atoms with Crippen LogP contribution in [0.2, 0.25) is 0 Å². The van der Waals surface area contributed by atoms with E-state index >= 15 is 0 Å². The summed E-state index contributed by atoms with van der Waals surface area (Å²) in [6.45, 7) is 4.59. The quantitative estimate of drug-likeness (QED) is 0.630. The summed E-state index contributed by atoms with van der Waals surface area (Å²) in [7, 11) is 0. The maximum absolute atomic E-state index is 2.29. The summed E-state index contributed by atoms with van der Waals surface area (Å²) >= 11 is 1.97. The van der Waals surface area contributed by atoms with Crippen LogP contribution in [0.15, 0.2) is 65.6 Å². The monoisotopic (exact) mass is 256 g/mol. The summed E-state index contributed by atoms with van der Waals surface area (Å²) < 4.78 is 0. The summed E-state index contributed by atoms with van der Waals surface area (Å²) in [6.07, 6.45) is 1.21. The highest BCUT2D eigenvalue weighted by molar-refractivity contribution is 7.99. The highest BCUT2D eigenvalue weighted by Crippen LogP contribution is 2.39. The van der Waals surface area contributed by atoms with Crippen molar-refractivity contribution in [2.75, 3.05) is 0 Å². The van der Waals surface area contributed by atoms with E-state index in [4.69, 9.17) is 0 Å². The average molecular weight is 256 g/mol. The number of thioether (sulfide) groups is 1. The Labute approximate surface area is 114 Å². The minimum Gasteiger partial charge on any atom is -0.118 e. The van der Waals surface area contributed by atoms with Crippen LogP contribution >= 0.6 is 11.8 Å². The van der Waals surface area contributed by atoms with Crippen LogP contribution < -0.4 is 0 Å². The van der Waals surface area contributed by atoms with Gasteiger partial charge in [0.25, 0.3) is 0 Å². The van der Waals surface area contributed by atoms with Gasteiger partial charge in [-0.1, -0.05) is 62.4 Å². The third kappa shape index (κ3) is 3.92. The van der Waals surface area contributed by atoms with Crippen LogP contribution in [-0.2, 0) is 0 Å². The van der Waals surface area contributed by atoms with Gasteiger partial charge < -0.3 is 0 Å². The van der Waals surface area contributed by atoms with Crippen molar-refractivity contribution in [3.05, 3.63) is 66.2 Å². The molecule has 0 spiro atoms. The Kier molecular flexibility index (Phi) is 4.89. The first kappa shape index (κ1) is 13.2. The molecule has 0 aliphatic rings. The molecule has 0 heterocycles. The van der Waals surface area contributed by atoms with Crippen molar-refractivity contribution >= 4 is 11.8 Å². The molecule has 0 N–H and O–H groups in total. The van der Waals surface area contributed by atoms with Crippen LogP contribution in [0.3, 0.4) is 0 Å². The van der Waals surface area contributed by atoms with E-state index in [-0.39, 0.29) is 0 Å². The van der Waals surface area contributed by atoms with Crippen molar-refractivity contribution in [3.8, 4) is 0 Å². The van der Waals surface area contributed by atoms with Crippen LogP contribution in [-0.4, -0.2) is 0 Å². The van der Waals surface area contributed by atoms with Gasteiger partial charge in [0.05, 0.1) is 0 Å². The normalized spacial score (nSPS) is 12.6. The second-order valence-corrected chi connectivity index (χ2v) is 6.24. The van der Waals surface area contributed by atoms with Gasteiger partial charge in [-0.05, 0) is 30.0 Å². The fourth-order valence-corrected chi connectivity index (χ4v) is 3.43. The molecule has 0 bridgehead atoms. The molecule has 1 atom stereocenters. The first-order valence-electron chi connectivity index (χ1n) is 6.52. The van der Waals surface area contributed by atoms with E-state index in [0.29, 0.717) is 11.2 Å². The SMILES string of the molecule is CC(C)CC(Sc1ccccc1)c1ccccc1. The largest absolute Gasteiger partial charge is 0.118 e. The van der Waals surface area contributed by atoms with Crippen molar-refractivity contribution in [2.24, 2.45) is 5.92 Å². The number of rotatable bonds is 5. The molecule has 18 heavy (non-hydrogen) atoms. The van der Waals surface area contributed by atoms with Crippen molar-refractivity contribution in [3.63, 3.8) is 0 Å². The summed E-state index contributed by atoms with van der Waals surface area (Å²) in [5, 5.41) is 0.550. The summed E-state index contributed by atoms with van der Waals surface area (Å²) in [5.74, 6) is 0.714. The van der Waals surface area contributed by atoms with E-state index in [9.17, 15) is 0 Å². The lowest BCUT2D eigenvalue weighted by Gasteiger charge is -2.19. The highest BCUT2D eigenvalue weighted by atomic mass is 32.2. The zero-order valence-corrected chi connectivity index (χ0v) is 11.9. The van der Waals surface area contributed by atoms with Crippen LogP contribution in [0.25, 0.3) is 0 Å². The van der Waals surface area contributed by atoms with Gasteiger partial charge in [0.2, 0.25) is 0 Å². The third-order valence-electron chi connectivity index (χ3n) is 2.88. The zero-order valence-electron chi connectivity index (χ0n) is 11.0. The van der Waals surface area contributed by atoms with Gasteiger partial charge >= 0.3 is 0 Å². The van der Waals surface area contributed by atoms with Crippen molar-refractivity contribution in [2.45, 2.75) is 30.4 Å². The second-order valence-electron chi connectivity index (χ2n) is 4.96. The molecule has 2 rings (SSSR count). The maximum Gasteiger partial charge on any atom is 0.0346 e. The van der Waals surface area contributed by atoms with Crippen LogP contribution in [0.5, 0.6) is 0 Å². The lowest BCUT2D eigenvalue weighted by atomic mass is 10.0. The van der Waals surface area contributed by atoms with Gasteiger partial charge in [-0.3, -0.25) is 0 Å². The topological polar surface area (TPSA) is 0 Å². The Bertz CT molecular complexity index is 448. The average Bonchev–Trinajstić information content (AvgIpc) is 2.40. The number of hydrogen-bond donors (Lipinski definition) is 0. The standard InChI is InChI=1S/C17H20S/c1-14(2)13-17(15-9-5-3-6-10-15)18-16-11-7-4-8-12-16/h3-12,14,17H,13H2,1-2H3. The Hall–Kier alpha value is -1.21. The molecule has 0 saturated carbocycles. The molecule has 0 nitrogen and oxygen atoms in total. The molecule has 94 valence electrons. The summed E-state index contributed by atoms with van der Waals surface area (Å²) in [5.41, 5.74) is 1.43. The van der Waals surface area contributed by atoms with E-state index in [2.05, 4.69) is 74.5 Å². The predicted molar refractivity (Wildman–Crippen MR) is 80.9 cm³/mol. The predicted octanol–water partition coefficient (Wildman–Crippen LogP) is 5.57. The molecule has 0 fully saturated rings. The van der Waals surface area contributed by atoms with Crippen molar-refractivity contribution in [1.82, 2.24) is 0 Å². The van der Waals surface area contributed by atoms with E-state index in [0.717, 1.165) is 0 Å². The molecular weight excluding hydrogens is 236 g/mol. The van der Waals surface area contributed by atoms with Crippen LogP contribution in [0, 0.1) is 5.92 Å². The van der Waals surface area contributed by atoms with Crippen LogP contribution in [0.1, 0.15) is 31.1 Å². The van der Waals surface area contributed by atoms with Gasteiger partial charge in [0.1, 0.15) is 0 Å². The zero-order chi connectivity index (χ0) is 12.8. The molecule has 0 amide bonds. The minimum atomic E-state index is 0.550. The fourth-order valence-electron chi connectivity index (χ4n) is 2.01. The smallest absolute Gasteiger partial charge is 0.0346 e. The summed E-state index contributed by atoms with van der Waals surface area (Å²) in [6, 6.07) is 21.5. The first-order chi connectivity index (χ1) is 8.75. The molecular formula is C17H20S. The number of benzene rings is 2. The van der Waals surface area contributed by atoms with Gasteiger partial charge in [0.15, 0.2) is 0 Å². The third-order valence-corrected chi connectivity index (χ3v) is 4.17. The Morgan fingerprint density at radius 2 is 1.39 bits per heavy atom. The van der Waals surface area contributed by atoms with Gasteiger partial charge in [0, 0.05) is 10.1 Å². The molecule has 2 aromatic rings. The number of hydrogen-bond acceptors (Lipinski definition) is 1. The molecule has 2 aromatic carbocycles. The van der Waals surface area contributed by atoms with E-state index in [1.807, 2.05) is 11.8 Å². The molecule has 0 aliphatic carbocycles. The fraction of sp³-hybridized carbons (Fsp3) is 0.294. The van der Waals surface area contributed by atoms with Crippen molar-refractivity contribution in [1.29, 1.82) is 0 Å². The van der Waals surface area contributed by atoms with Crippen molar-refractivity contribution < 1.29 is 0 Å².